The van der Waals surface area contributed by atoms with Gasteiger partial charge in [-0.15, -0.1) is 0 Å². The van der Waals surface area contributed by atoms with Gasteiger partial charge in [0.05, 0.1) is 18.3 Å². The van der Waals surface area contributed by atoms with Crippen LogP contribution in [0, 0.1) is 0 Å². The highest BCUT2D eigenvalue weighted by molar-refractivity contribution is 5.81. The first-order valence-corrected chi connectivity index (χ1v) is 6.76. The highest BCUT2D eigenvalue weighted by Gasteiger charge is 2.10. The minimum atomic E-state index is 0.804. The fourth-order valence-corrected chi connectivity index (χ4v) is 2.70. The summed E-state index contributed by atoms with van der Waals surface area (Å²) in [6.45, 7) is 4.55. The number of rotatable bonds is 3. The molecule has 0 bridgehead atoms. The Balaban J connectivity index is 1.70. The van der Waals surface area contributed by atoms with Gasteiger partial charge in [-0.05, 0) is 44.1 Å². The Kier molecular flexibility index (Phi) is 3.19. The summed E-state index contributed by atoms with van der Waals surface area (Å²) in [7, 11) is 0. The quantitative estimate of drug-likeness (QED) is 0.841. The number of likely N-dealkylation sites (tertiary alicyclic amines) is 1. The number of anilines is 1. The van der Waals surface area contributed by atoms with E-state index < -0.39 is 0 Å². The van der Waals surface area contributed by atoms with Gasteiger partial charge >= 0.3 is 0 Å². The molecule has 0 spiro atoms. The lowest BCUT2D eigenvalue weighted by molar-refractivity contribution is 0.219. The Bertz CT molecular complexity index is 526. The van der Waals surface area contributed by atoms with Gasteiger partial charge < -0.3 is 10.6 Å². The first-order chi connectivity index (χ1) is 8.83. The third kappa shape index (κ3) is 2.34. The second kappa shape index (κ2) is 4.98. The molecule has 18 heavy (non-hydrogen) atoms. The fourth-order valence-electron chi connectivity index (χ4n) is 2.70. The van der Waals surface area contributed by atoms with Crippen LogP contribution >= 0.6 is 0 Å². The maximum atomic E-state index is 5.78. The average molecular weight is 244 g/mol. The molecule has 4 nitrogen and oxygen atoms in total. The molecule has 0 radical (unpaired) electrons. The molecule has 2 aromatic rings. The van der Waals surface area contributed by atoms with Crippen LogP contribution in [0.2, 0.25) is 0 Å². The number of benzene rings is 1. The van der Waals surface area contributed by atoms with Crippen LogP contribution in [0.15, 0.2) is 24.4 Å². The molecule has 0 aliphatic carbocycles. The van der Waals surface area contributed by atoms with Gasteiger partial charge in [-0.1, -0.05) is 6.42 Å². The van der Waals surface area contributed by atoms with Crippen LogP contribution in [0.25, 0.3) is 10.9 Å². The molecule has 1 fully saturated rings. The summed E-state index contributed by atoms with van der Waals surface area (Å²) in [5, 5.41) is 5.59. The normalized spacial score (nSPS) is 17.3. The van der Waals surface area contributed by atoms with Gasteiger partial charge in [0.2, 0.25) is 0 Å². The van der Waals surface area contributed by atoms with Gasteiger partial charge in [0.1, 0.15) is 0 Å². The van der Waals surface area contributed by atoms with E-state index in [1.165, 1.54) is 37.9 Å². The van der Waals surface area contributed by atoms with Crippen LogP contribution in [0.4, 0.5) is 5.69 Å². The van der Waals surface area contributed by atoms with Crippen molar-refractivity contribution in [1.29, 1.82) is 0 Å². The van der Waals surface area contributed by atoms with Crippen molar-refractivity contribution >= 4 is 16.6 Å². The van der Waals surface area contributed by atoms with Crippen molar-refractivity contribution in [3.63, 3.8) is 0 Å². The van der Waals surface area contributed by atoms with Crippen molar-refractivity contribution in [3.8, 4) is 0 Å². The van der Waals surface area contributed by atoms with Crippen molar-refractivity contribution in [2.45, 2.75) is 25.8 Å². The third-order valence-electron chi connectivity index (χ3n) is 3.74. The molecule has 1 aliphatic heterocycles. The predicted molar refractivity (Wildman–Crippen MR) is 74.4 cm³/mol. The van der Waals surface area contributed by atoms with E-state index in [-0.39, 0.29) is 0 Å². The molecule has 3 rings (SSSR count). The van der Waals surface area contributed by atoms with Crippen molar-refractivity contribution in [2.24, 2.45) is 0 Å². The van der Waals surface area contributed by atoms with Crippen LogP contribution < -0.4 is 5.73 Å². The Hall–Kier alpha value is -1.55. The lowest BCUT2D eigenvalue weighted by atomic mass is 10.1. The topological polar surface area (TPSA) is 47.1 Å². The minimum Gasteiger partial charge on any atom is -0.399 e. The maximum Gasteiger partial charge on any atom is 0.0684 e. The van der Waals surface area contributed by atoms with Crippen LogP contribution in [0.3, 0.4) is 0 Å². The van der Waals surface area contributed by atoms with Crippen LogP contribution in [-0.4, -0.2) is 34.3 Å². The predicted octanol–water partition coefficient (Wildman–Crippen LogP) is 2.10. The summed E-state index contributed by atoms with van der Waals surface area (Å²) in [4.78, 5) is 2.54. The zero-order chi connectivity index (χ0) is 12.4. The van der Waals surface area contributed by atoms with Gasteiger partial charge in [-0.2, -0.15) is 5.10 Å². The highest BCUT2D eigenvalue weighted by Crippen LogP contribution is 2.17. The Morgan fingerprint density at radius 2 is 1.94 bits per heavy atom. The smallest absolute Gasteiger partial charge is 0.0684 e. The number of nitrogen functional groups attached to an aromatic ring is 1. The summed E-state index contributed by atoms with van der Waals surface area (Å²) in [6, 6.07) is 6.00. The Morgan fingerprint density at radius 1 is 1.11 bits per heavy atom. The van der Waals surface area contributed by atoms with Gasteiger partial charge in [0, 0.05) is 17.6 Å². The Morgan fingerprint density at radius 3 is 2.78 bits per heavy atom. The zero-order valence-corrected chi connectivity index (χ0v) is 10.7. The van der Waals surface area contributed by atoms with Crippen LogP contribution in [-0.2, 0) is 6.54 Å². The monoisotopic (exact) mass is 244 g/mol. The SMILES string of the molecule is Nc1ccc2c(cnn2CCN2CCCCC2)c1. The molecule has 0 saturated carbocycles. The lowest BCUT2D eigenvalue weighted by Crippen LogP contribution is -2.32. The number of nitrogens with two attached hydrogens (primary N) is 1. The molecule has 0 unspecified atom stereocenters. The van der Waals surface area contributed by atoms with Crippen LogP contribution in [0.5, 0.6) is 0 Å². The number of nitrogens with zero attached hydrogens (tertiary/aromatic N) is 3. The summed E-state index contributed by atoms with van der Waals surface area (Å²) >= 11 is 0. The summed E-state index contributed by atoms with van der Waals surface area (Å²) < 4.78 is 2.09. The molecule has 1 aliphatic rings. The largest absolute Gasteiger partial charge is 0.399 e. The maximum absolute atomic E-state index is 5.78. The van der Waals surface area contributed by atoms with Crippen molar-refractivity contribution in [3.05, 3.63) is 24.4 Å². The molecular formula is C14H20N4. The van der Waals surface area contributed by atoms with E-state index in [1.807, 2.05) is 18.3 Å². The average Bonchev–Trinajstić information content (AvgIpc) is 2.80. The van der Waals surface area contributed by atoms with Gasteiger partial charge in [-0.3, -0.25) is 4.68 Å². The van der Waals surface area contributed by atoms with E-state index in [2.05, 4.69) is 20.7 Å². The van der Waals surface area contributed by atoms with Crippen molar-refractivity contribution in [2.75, 3.05) is 25.4 Å². The molecule has 1 aromatic carbocycles. The first-order valence-electron chi connectivity index (χ1n) is 6.76. The second-order valence-electron chi connectivity index (χ2n) is 5.09. The van der Waals surface area contributed by atoms with E-state index in [1.54, 1.807) is 0 Å². The minimum absolute atomic E-state index is 0.804. The zero-order valence-electron chi connectivity index (χ0n) is 10.7. The molecule has 2 heterocycles. The van der Waals surface area contributed by atoms with E-state index >= 15 is 0 Å². The van der Waals surface area contributed by atoms with Crippen molar-refractivity contribution in [1.82, 2.24) is 14.7 Å². The van der Waals surface area contributed by atoms with Gasteiger partial charge in [0.25, 0.3) is 0 Å². The molecule has 0 amide bonds. The highest BCUT2D eigenvalue weighted by atomic mass is 15.3. The van der Waals surface area contributed by atoms with E-state index in [0.717, 1.165) is 24.2 Å². The number of hydrogen-bond donors (Lipinski definition) is 1. The van der Waals surface area contributed by atoms with E-state index in [9.17, 15) is 0 Å². The Labute approximate surface area is 107 Å². The number of aromatic nitrogens is 2. The summed E-state index contributed by atoms with van der Waals surface area (Å²) in [6.07, 6.45) is 5.98. The molecule has 96 valence electrons. The second-order valence-corrected chi connectivity index (χ2v) is 5.09. The molecular weight excluding hydrogens is 224 g/mol. The lowest BCUT2D eigenvalue weighted by Gasteiger charge is -2.26. The van der Waals surface area contributed by atoms with Crippen LogP contribution in [0.1, 0.15) is 19.3 Å². The number of hydrogen-bond acceptors (Lipinski definition) is 3. The molecule has 1 saturated heterocycles. The van der Waals surface area contributed by atoms with Gasteiger partial charge in [-0.25, -0.2) is 0 Å². The fraction of sp³-hybridized carbons (Fsp3) is 0.500. The molecule has 2 N–H and O–H groups in total. The third-order valence-corrected chi connectivity index (χ3v) is 3.74. The molecule has 4 heteroatoms. The first kappa shape index (κ1) is 11.5. The van der Waals surface area contributed by atoms with Gasteiger partial charge in [0.15, 0.2) is 0 Å². The van der Waals surface area contributed by atoms with E-state index in [4.69, 9.17) is 5.73 Å². The van der Waals surface area contributed by atoms with Crippen molar-refractivity contribution < 1.29 is 0 Å². The number of fused-ring (bicyclic) bond motifs is 1. The summed E-state index contributed by atoms with van der Waals surface area (Å²) in [5.41, 5.74) is 7.76. The number of piperidine rings is 1. The standard InChI is InChI=1S/C14H20N4/c15-13-4-5-14-12(10-13)11-16-18(14)9-8-17-6-2-1-3-7-17/h4-5,10-11H,1-3,6-9,15H2. The molecule has 0 atom stereocenters. The van der Waals surface area contributed by atoms with E-state index in [0.29, 0.717) is 0 Å². The summed E-state index contributed by atoms with van der Waals surface area (Å²) in [5.74, 6) is 0. The molecule has 1 aromatic heterocycles.